The largest absolute Gasteiger partial charge is 0.328 e. The number of hydrogen-bond acceptors (Lipinski definition) is 4. The second-order valence-corrected chi connectivity index (χ2v) is 10.4. The van der Waals surface area contributed by atoms with Crippen LogP contribution in [0.4, 0.5) is 8.78 Å². The number of halogens is 2. The molecule has 1 amide bonds. The quantitative estimate of drug-likeness (QED) is 0.669. The molecule has 1 N–H and O–H groups in total. The Morgan fingerprint density at radius 2 is 1.78 bits per heavy atom. The van der Waals surface area contributed by atoms with Crippen LogP contribution < -0.4 is 4.72 Å². The zero-order valence-electron chi connectivity index (χ0n) is 17.7. The van der Waals surface area contributed by atoms with E-state index in [0.29, 0.717) is 18.4 Å². The topological polar surface area (TPSA) is 83.6 Å². The zero-order chi connectivity index (χ0) is 23.2. The van der Waals surface area contributed by atoms with E-state index in [-0.39, 0.29) is 29.5 Å². The Balaban J connectivity index is 1.76. The highest BCUT2D eigenvalue weighted by Gasteiger charge is 2.53. The Labute approximate surface area is 185 Å². The predicted molar refractivity (Wildman–Crippen MR) is 115 cm³/mol. The number of rotatable bonds is 6. The molecule has 2 aliphatic heterocycles. The monoisotopic (exact) mass is 462 g/mol. The molecule has 2 heterocycles. The predicted octanol–water partition coefficient (Wildman–Crippen LogP) is 2.67. The van der Waals surface area contributed by atoms with Crippen LogP contribution in [0, 0.1) is 17.6 Å². The lowest BCUT2D eigenvalue weighted by Crippen LogP contribution is -2.71. The second-order valence-electron chi connectivity index (χ2n) is 8.63. The summed E-state index contributed by atoms with van der Waals surface area (Å²) in [6.45, 7) is 1.15. The van der Waals surface area contributed by atoms with Gasteiger partial charge in [0.2, 0.25) is 15.8 Å². The third-order valence-electron chi connectivity index (χ3n) is 6.34. The summed E-state index contributed by atoms with van der Waals surface area (Å²) in [5.74, 6) is -2.73. The second kappa shape index (κ2) is 8.37. The van der Waals surface area contributed by atoms with Crippen LogP contribution in [0.5, 0.6) is 0 Å². The minimum Gasteiger partial charge on any atom is -0.328 e. The molecule has 32 heavy (non-hydrogen) atoms. The van der Waals surface area contributed by atoms with Crippen LogP contribution in [0.3, 0.4) is 0 Å². The summed E-state index contributed by atoms with van der Waals surface area (Å²) in [5.41, 5.74) is 0.607. The van der Waals surface area contributed by atoms with Crippen LogP contribution in [0.2, 0.25) is 0 Å². The third kappa shape index (κ3) is 4.31. The molecule has 2 bridgehead atoms. The molecule has 0 radical (unpaired) electrons. The molecule has 0 unspecified atom stereocenters. The molecule has 1 aliphatic carbocycles. The standard InChI is InChI=1S/C23H24F2N2O4S/c1-13(28)23(29)27-18-9-16(10-18)22(26-32(2,30)31)20(27)11-15-8-17(24)12-19(21(15)25)14-6-4-3-5-7-14/h3-8,12,16,18,20,22,26H,9-11H2,1-2H3/t16?,18?,20-,22-/m0/s1. The van der Waals surface area contributed by atoms with E-state index in [1.807, 2.05) is 0 Å². The van der Waals surface area contributed by atoms with E-state index >= 15 is 4.39 Å². The van der Waals surface area contributed by atoms with Crippen LogP contribution in [-0.2, 0) is 26.0 Å². The number of piperidine rings is 2. The molecular weight excluding hydrogens is 438 g/mol. The van der Waals surface area contributed by atoms with E-state index in [9.17, 15) is 22.4 Å². The average Bonchev–Trinajstić information content (AvgIpc) is 2.69. The summed E-state index contributed by atoms with van der Waals surface area (Å²) < 4.78 is 56.6. The molecule has 5 rings (SSSR count). The molecular formula is C23H24F2N2O4S. The van der Waals surface area contributed by atoms with Crippen molar-refractivity contribution in [2.45, 2.75) is 44.3 Å². The maximum atomic E-state index is 15.5. The van der Waals surface area contributed by atoms with Crippen LogP contribution in [-0.4, -0.2) is 49.4 Å². The molecule has 170 valence electrons. The maximum Gasteiger partial charge on any atom is 0.290 e. The fourth-order valence-electron chi connectivity index (χ4n) is 4.90. The Kier molecular flexibility index (Phi) is 5.89. The number of nitrogens with one attached hydrogen (secondary N) is 1. The molecule has 1 saturated carbocycles. The van der Waals surface area contributed by atoms with Crippen molar-refractivity contribution in [2.24, 2.45) is 5.92 Å². The van der Waals surface area contributed by atoms with Gasteiger partial charge >= 0.3 is 0 Å². The number of carbonyl (C=O) groups is 2. The fourth-order valence-corrected chi connectivity index (χ4v) is 5.74. The van der Waals surface area contributed by atoms with E-state index in [4.69, 9.17) is 0 Å². The van der Waals surface area contributed by atoms with Crippen molar-refractivity contribution >= 4 is 21.7 Å². The van der Waals surface area contributed by atoms with Gasteiger partial charge in [-0.3, -0.25) is 9.59 Å². The van der Waals surface area contributed by atoms with Gasteiger partial charge in [-0.25, -0.2) is 21.9 Å². The lowest BCUT2D eigenvalue weighted by molar-refractivity contribution is -0.156. The Bertz CT molecular complexity index is 1160. The van der Waals surface area contributed by atoms with Gasteiger partial charge in [0, 0.05) is 24.6 Å². The fraction of sp³-hybridized carbons (Fsp3) is 0.391. The number of Topliss-reactive ketones (excluding diaryl/α,β-unsaturated/α-hetero) is 1. The number of fused-ring (bicyclic) bond motifs is 2. The van der Waals surface area contributed by atoms with Gasteiger partial charge in [-0.05, 0) is 48.4 Å². The first-order valence-corrected chi connectivity index (χ1v) is 12.3. The zero-order valence-corrected chi connectivity index (χ0v) is 18.5. The van der Waals surface area contributed by atoms with Gasteiger partial charge in [-0.15, -0.1) is 0 Å². The first kappa shape index (κ1) is 22.5. The summed E-state index contributed by atoms with van der Waals surface area (Å²) in [7, 11) is -3.64. The molecule has 2 aromatic rings. The van der Waals surface area contributed by atoms with Crippen molar-refractivity contribution in [1.82, 2.24) is 9.62 Å². The van der Waals surface area contributed by atoms with E-state index in [0.717, 1.165) is 25.3 Å². The van der Waals surface area contributed by atoms with Crippen molar-refractivity contribution < 1.29 is 26.8 Å². The normalized spacial score (nSPS) is 24.7. The van der Waals surface area contributed by atoms with Gasteiger partial charge in [0.25, 0.3) is 5.91 Å². The Morgan fingerprint density at radius 1 is 1.12 bits per heavy atom. The number of amides is 1. The van der Waals surface area contributed by atoms with Gasteiger partial charge in [-0.1, -0.05) is 30.3 Å². The summed E-state index contributed by atoms with van der Waals surface area (Å²) in [6.07, 6.45) is 2.01. The molecule has 3 aliphatic rings. The lowest BCUT2D eigenvalue weighted by atomic mass is 9.66. The van der Waals surface area contributed by atoms with Crippen LogP contribution in [0.25, 0.3) is 11.1 Å². The summed E-state index contributed by atoms with van der Waals surface area (Å²) in [4.78, 5) is 26.0. The van der Waals surface area contributed by atoms with Crippen molar-refractivity contribution in [2.75, 3.05) is 6.26 Å². The van der Waals surface area contributed by atoms with Gasteiger partial charge in [0.15, 0.2) is 0 Å². The van der Waals surface area contributed by atoms with E-state index < -0.39 is 45.4 Å². The highest BCUT2D eigenvalue weighted by atomic mass is 32.2. The Hall–Kier alpha value is -2.65. The minimum atomic E-state index is -3.64. The molecule has 2 saturated heterocycles. The molecule has 6 nitrogen and oxygen atoms in total. The van der Waals surface area contributed by atoms with Crippen molar-refractivity contribution in [3.05, 3.63) is 59.7 Å². The van der Waals surface area contributed by atoms with E-state index in [2.05, 4.69) is 4.72 Å². The lowest BCUT2D eigenvalue weighted by Gasteiger charge is -2.57. The van der Waals surface area contributed by atoms with Crippen molar-refractivity contribution in [1.29, 1.82) is 0 Å². The molecule has 2 aromatic carbocycles. The summed E-state index contributed by atoms with van der Waals surface area (Å²) in [5, 5.41) is 0. The molecule has 2 atom stereocenters. The number of benzene rings is 2. The highest BCUT2D eigenvalue weighted by molar-refractivity contribution is 7.88. The number of nitrogens with zero attached hydrogens (tertiary/aromatic N) is 1. The minimum absolute atomic E-state index is 0.0248. The third-order valence-corrected chi connectivity index (χ3v) is 7.04. The molecule has 9 heteroatoms. The first-order valence-electron chi connectivity index (χ1n) is 10.4. The van der Waals surface area contributed by atoms with Gasteiger partial charge in [0.1, 0.15) is 11.6 Å². The number of carbonyl (C=O) groups excluding carboxylic acids is 2. The molecule has 3 fully saturated rings. The smallest absolute Gasteiger partial charge is 0.290 e. The Morgan fingerprint density at radius 3 is 2.38 bits per heavy atom. The highest BCUT2D eigenvalue weighted by Crippen LogP contribution is 2.44. The summed E-state index contributed by atoms with van der Waals surface area (Å²) >= 11 is 0. The number of sulfonamides is 1. The van der Waals surface area contributed by atoms with Crippen molar-refractivity contribution in [3.63, 3.8) is 0 Å². The van der Waals surface area contributed by atoms with Gasteiger partial charge in [-0.2, -0.15) is 0 Å². The average molecular weight is 463 g/mol. The van der Waals surface area contributed by atoms with Gasteiger partial charge < -0.3 is 4.90 Å². The molecule has 0 aromatic heterocycles. The van der Waals surface area contributed by atoms with Crippen LogP contribution >= 0.6 is 0 Å². The van der Waals surface area contributed by atoms with Crippen molar-refractivity contribution in [3.8, 4) is 11.1 Å². The summed E-state index contributed by atoms with van der Waals surface area (Å²) in [6, 6.07) is 8.98. The molecule has 0 spiro atoms. The maximum absolute atomic E-state index is 15.5. The van der Waals surface area contributed by atoms with Crippen LogP contribution in [0.15, 0.2) is 42.5 Å². The van der Waals surface area contributed by atoms with E-state index in [1.54, 1.807) is 30.3 Å². The number of ketones is 1. The SMILES string of the molecule is CC(=O)C(=O)N1C2CC(C2)[C@H](NS(C)(=O)=O)[C@@H]1Cc1cc(F)cc(-c2ccccc2)c1F. The van der Waals surface area contributed by atoms with Gasteiger partial charge in [0.05, 0.1) is 12.3 Å². The first-order chi connectivity index (χ1) is 15.0. The van der Waals surface area contributed by atoms with Crippen LogP contribution in [0.1, 0.15) is 25.3 Å². The number of hydrogen-bond donors (Lipinski definition) is 1. The van der Waals surface area contributed by atoms with E-state index in [1.165, 1.54) is 4.90 Å².